The number of carbonyl (C=O) groups is 2. The highest BCUT2D eigenvalue weighted by Gasteiger charge is 2.44. The minimum Gasteiger partial charge on any atom is -0.497 e. The lowest BCUT2D eigenvalue weighted by atomic mass is 9.84. The van der Waals surface area contributed by atoms with Crippen LogP contribution < -0.4 is 30.3 Å². The predicted octanol–water partition coefficient (Wildman–Crippen LogP) is 4.35. The molecule has 0 spiro atoms. The van der Waals surface area contributed by atoms with Crippen molar-refractivity contribution in [3.8, 4) is 11.5 Å². The molecule has 0 saturated carbocycles. The summed E-state index contributed by atoms with van der Waals surface area (Å²) in [5.74, 6) is -0.724. The smallest absolute Gasteiger partial charge is 0.394 e. The minimum atomic E-state index is -3.35. The second kappa shape index (κ2) is 11.6. The third kappa shape index (κ3) is 6.77. The molecule has 3 aromatic rings. The van der Waals surface area contributed by atoms with Crippen molar-refractivity contribution in [2.45, 2.75) is 25.4 Å². The number of ketones is 1. The van der Waals surface area contributed by atoms with Crippen LogP contribution in [0.4, 0.5) is 14.6 Å². The van der Waals surface area contributed by atoms with Gasteiger partial charge in [-0.2, -0.15) is 8.78 Å². The number of carbonyl (C=O) groups excluding carboxylic acids is 2. The van der Waals surface area contributed by atoms with Crippen LogP contribution in [-0.4, -0.2) is 49.8 Å². The van der Waals surface area contributed by atoms with E-state index in [9.17, 15) is 22.9 Å². The number of ether oxygens (including phenoxy) is 2. The fourth-order valence-corrected chi connectivity index (χ4v) is 6.96. The number of alkyl halides is 2. The maximum absolute atomic E-state index is 13.9. The first-order valence-corrected chi connectivity index (χ1v) is 16.2. The molecule has 4 rings (SSSR count). The zero-order valence-corrected chi connectivity index (χ0v) is 25.8. The summed E-state index contributed by atoms with van der Waals surface area (Å²) in [5.41, 5.74) is 1.16. The van der Waals surface area contributed by atoms with Crippen LogP contribution in [-0.2, 0) is 9.36 Å². The molecule has 212 valence electrons. The van der Waals surface area contributed by atoms with Gasteiger partial charge in [0.05, 0.1) is 13.0 Å². The largest absolute Gasteiger partial charge is 0.497 e. The van der Waals surface area contributed by atoms with Gasteiger partial charge in [-0.05, 0) is 78.0 Å². The molecule has 12 heteroatoms. The molecule has 1 aromatic heterocycles. The van der Waals surface area contributed by atoms with Crippen LogP contribution in [0.3, 0.4) is 0 Å². The number of anilines is 1. The normalized spacial score (nSPS) is 17.7. The third-order valence-corrected chi connectivity index (χ3v) is 9.26. The summed E-state index contributed by atoms with van der Waals surface area (Å²) in [7, 11) is 4.33. The molecule has 2 heterocycles. The maximum Gasteiger partial charge on any atom is 0.394 e. The zero-order valence-electron chi connectivity index (χ0n) is 22.6. The Morgan fingerprint density at radius 2 is 1.73 bits per heavy atom. The number of hydrogen-bond acceptors (Lipinski definition) is 6. The number of pyridine rings is 1. The van der Waals surface area contributed by atoms with E-state index in [4.69, 9.17) is 4.74 Å². The molecule has 0 aliphatic carbocycles. The molecule has 1 saturated heterocycles. The van der Waals surface area contributed by atoms with Crippen LogP contribution in [0.25, 0.3) is 0 Å². The van der Waals surface area contributed by atoms with Gasteiger partial charge in [-0.25, -0.2) is 4.98 Å². The molecular weight excluding hydrogens is 575 g/mol. The van der Waals surface area contributed by atoms with Crippen molar-refractivity contribution in [2.24, 2.45) is 5.92 Å². The van der Waals surface area contributed by atoms with Crippen LogP contribution in [0.2, 0.25) is 0 Å². The highest BCUT2D eigenvalue weighted by molar-refractivity contribution is 7.70. The molecule has 1 amide bonds. The Kier molecular flexibility index (Phi) is 8.80. The molecule has 7 nitrogen and oxygen atoms in total. The van der Waals surface area contributed by atoms with Crippen LogP contribution in [0.5, 0.6) is 11.5 Å². The molecule has 40 heavy (non-hydrogen) atoms. The summed E-state index contributed by atoms with van der Waals surface area (Å²) in [6.07, 6.45) is -1.93. The number of amides is 1. The average Bonchev–Trinajstić information content (AvgIpc) is 3.18. The number of aromatic nitrogens is 1. The monoisotopic (exact) mass is 606 g/mol. The SMILES string of the molecule is COc1cc(P)c([C@@H]2CN(c3cc(P(C)(C)=O)ccn3)C(=O)[C@H]2CC(=O)c2ccc(OC(C)(F)F)cc2)c(P)c1. The van der Waals surface area contributed by atoms with Gasteiger partial charge in [-0.3, -0.25) is 14.5 Å². The predicted molar refractivity (Wildman–Crippen MR) is 160 cm³/mol. The summed E-state index contributed by atoms with van der Waals surface area (Å²) in [6, 6.07) is 12.5. The Morgan fingerprint density at radius 3 is 2.27 bits per heavy atom. The summed E-state index contributed by atoms with van der Waals surface area (Å²) in [4.78, 5) is 33.2. The van der Waals surface area contributed by atoms with Gasteiger partial charge >= 0.3 is 6.11 Å². The maximum atomic E-state index is 13.9. The minimum absolute atomic E-state index is 0.0707. The lowest BCUT2D eigenvalue weighted by Gasteiger charge is -2.22. The number of Topliss-reactive ketones (excluding diaryl/α,β-unsaturated/α-hetero) is 1. The van der Waals surface area contributed by atoms with Gasteiger partial charge in [0.15, 0.2) is 5.78 Å². The molecule has 2 unspecified atom stereocenters. The average molecular weight is 606 g/mol. The Labute approximate surface area is 236 Å². The molecule has 0 bridgehead atoms. The quantitative estimate of drug-likeness (QED) is 0.266. The molecule has 4 atom stereocenters. The van der Waals surface area contributed by atoms with E-state index in [1.54, 1.807) is 37.5 Å². The highest BCUT2D eigenvalue weighted by Crippen LogP contribution is 2.40. The van der Waals surface area contributed by atoms with Gasteiger partial charge in [0.25, 0.3) is 0 Å². The van der Waals surface area contributed by atoms with E-state index in [1.165, 1.54) is 30.5 Å². The van der Waals surface area contributed by atoms with Crippen molar-refractivity contribution in [3.63, 3.8) is 0 Å². The molecule has 1 aliphatic heterocycles. The molecule has 2 aromatic carbocycles. The Balaban J connectivity index is 1.70. The Morgan fingerprint density at radius 1 is 1.10 bits per heavy atom. The molecular formula is C28H31F2N2O5P3. The van der Waals surface area contributed by atoms with Crippen LogP contribution in [0.15, 0.2) is 54.7 Å². The van der Waals surface area contributed by atoms with Gasteiger partial charge < -0.3 is 14.0 Å². The lowest BCUT2D eigenvalue weighted by molar-refractivity contribution is -0.158. The van der Waals surface area contributed by atoms with E-state index in [0.717, 1.165) is 16.2 Å². The van der Waals surface area contributed by atoms with E-state index in [0.29, 0.717) is 23.8 Å². The first-order chi connectivity index (χ1) is 18.7. The third-order valence-electron chi connectivity index (χ3n) is 6.78. The van der Waals surface area contributed by atoms with Gasteiger partial charge in [-0.15, -0.1) is 18.5 Å². The van der Waals surface area contributed by atoms with E-state index in [2.05, 4.69) is 28.2 Å². The van der Waals surface area contributed by atoms with Gasteiger partial charge in [-0.1, -0.05) is 0 Å². The van der Waals surface area contributed by atoms with Crippen molar-refractivity contribution in [1.82, 2.24) is 4.98 Å². The van der Waals surface area contributed by atoms with Crippen molar-refractivity contribution in [3.05, 3.63) is 65.9 Å². The Bertz CT molecular complexity index is 1470. The van der Waals surface area contributed by atoms with Gasteiger partial charge in [0.2, 0.25) is 5.91 Å². The summed E-state index contributed by atoms with van der Waals surface area (Å²) in [5, 5.41) is 2.26. The topological polar surface area (TPSA) is 85.8 Å². The van der Waals surface area contributed by atoms with Crippen LogP contribution in [0.1, 0.15) is 35.2 Å². The number of hydrogen-bond donors (Lipinski definition) is 0. The van der Waals surface area contributed by atoms with Gasteiger partial charge in [0, 0.05) is 42.9 Å². The molecule has 0 radical (unpaired) electrons. The van der Waals surface area contributed by atoms with Crippen LogP contribution >= 0.6 is 25.6 Å². The molecule has 1 fully saturated rings. The second-order valence-electron chi connectivity index (χ2n) is 10.2. The summed E-state index contributed by atoms with van der Waals surface area (Å²) in [6.45, 7) is 4.20. The molecule has 1 aliphatic rings. The number of halogens is 2. The van der Waals surface area contributed by atoms with Crippen molar-refractivity contribution in [1.29, 1.82) is 0 Å². The molecule has 0 N–H and O–H groups in total. The van der Waals surface area contributed by atoms with Gasteiger partial charge in [0.1, 0.15) is 24.5 Å². The van der Waals surface area contributed by atoms with E-state index in [1.807, 2.05) is 12.1 Å². The van der Waals surface area contributed by atoms with Crippen molar-refractivity contribution >= 4 is 59.0 Å². The first kappa shape index (κ1) is 30.2. The van der Waals surface area contributed by atoms with E-state index >= 15 is 0 Å². The number of methoxy groups -OCH3 is 1. The summed E-state index contributed by atoms with van der Waals surface area (Å²) < 4.78 is 49.1. The van der Waals surface area contributed by atoms with Crippen molar-refractivity contribution in [2.75, 3.05) is 31.9 Å². The zero-order chi connectivity index (χ0) is 29.4. The standard InChI is InChI=1S/C28H31F2N2O5P3/c1-28(29,30)37-17-7-5-16(6-8-17)22(33)14-20-21(26-23(38)11-18(36-2)12-24(26)39)15-32(27(20)34)25-13-19(9-10-31-25)40(3,4)35/h5-13,20-21H,14-15,38-39H2,1-4H3/t20-,21+/m0/s1. The lowest BCUT2D eigenvalue weighted by Crippen LogP contribution is -2.29. The number of benzene rings is 2. The van der Waals surface area contributed by atoms with E-state index < -0.39 is 19.2 Å². The van der Waals surface area contributed by atoms with Crippen LogP contribution in [0, 0.1) is 5.92 Å². The fourth-order valence-electron chi connectivity index (χ4n) is 4.85. The first-order valence-electron chi connectivity index (χ1n) is 12.4. The second-order valence-corrected chi connectivity index (χ2v) is 14.6. The Hall–Kier alpha value is -2.72. The van der Waals surface area contributed by atoms with E-state index in [-0.39, 0.29) is 41.9 Å². The fraction of sp³-hybridized carbons (Fsp3) is 0.321. The van der Waals surface area contributed by atoms with Crippen molar-refractivity contribution < 1.29 is 32.4 Å². The summed E-state index contributed by atoms with van der Waals surface area (Å²) >= 11 is 0. The highest BCUT2D eigenvalue weighted by atomic mass is 31.2. The number of nitrogens with zero attached hydrogens (tertiary/aromatic N) is 2. The number of rotatable bonds is 9.